The number of pyridine rings is 2. The highest BCUT2D eigenvalue weighted by Gasteiger charge is 2.19. The van der Waals surface area contributed by atoms with E-state index < -0.39 is 5.97 Å². The molecule has 1 aromatic carbocycles. The molecule has 0 spiro atoms. The van der Waals surface area contributed by atoms with Gasteiger partial charge < -0.3 is 19.7 Å². The quantitative estimate of drug-likeness (QED) is 0.427. The van der Waals surface area contributed by atoms with E-state index in [9.17, 15) is 9.59 Å². The summed E-state index contributed by atoms with van der Waals surface area (Å²) < 4.78 is 1.86. The zero-order valence-electron chi connectivity index (χ0n) is 19.5. The molecule has 0 radical (unpaired) electrons. The molecule has 1 amide bonds. The Labute approximate surface area is 203 Å². The van der Waals surface area contributed by atoms with Gasteiger partial charge in [0.05, 0.1) is 16.8 Å². The van der Waals surface area contributed by atoms with E-state index in [1.807, 2.05) is 22.9 Å². The van der Waals surface area contributed by atoms with Gasteiger partial charge in [-0.1, -0.05) is 25.1 Å². The Hall–Kier alpha value is -4.20. The maximum absolute atomic E-state index is 12.6. The molecular weight excluding hydrogens is 442 g/mol. The van der Waals surface area contributed by atoms with Gasteiger partial charge in [-0.2, -0.15) is 0 Å². The second-order valence-electron chi connectivity index (χ2n) is 9.14. The van der Waals surface area contributed by atoms with Gasteiger partial charge in [-0.25, -0.2) is 14.8 Å². The lowest BCUT2D eigenvalue weighted by molar-refractivity contribution is 0.0696. The number of nitrogens with zero attached hydrogens (tertiary/aromatic N) is 4. The predicted molar refractivity (Wildman–Crippen MR) is 133 cm³/mol. The number of carbonyl (C=O) groups excluding carboxylic acids is 1. The Kier molecular flexibility index (Phi) is 6.18. The predicted octanol–water partition coefficient (Wildman–Crippen LogP) is 3.79. The fourth-order valence-corrected chi connectivity index (χ4v) is 4.37. The van der Waals surface area contributed by atoms with E-state index in [4.69, 9.17) is 5.11 Å². The van der Waals surface area contributed by atoms with Crippen molar-refractivity contribution in [2.75, 3.05) is 18.0 Å². The van der Waals surface area contributed by atoms with Crippen LogP contribution in [0.4, 0.5) is 5.82 Å². The number of imidazole rings is 1. The van der Waals surface area contributed by atoms with Crippen LogP contribution in [0, 0.1) is 5.92 Å². The average Bonchev–Trinajstić information content (AvgIpc) is 3.48. The summed E-state index contributed by atoms with van der Waals surface area (Å²) in [7, 11) is 0. The number of benzene rings is 1. The van der Waals surface area contributed by atoms with Crippen LogP contribution in [0.25, 0.3) is 5.65 Å². The molecule has 0 saturated carbocycles. The van der Waals surface area contributed by atoms with E-state index in [2.05, 4.69) is 39.2 Å². The summed E-state index contributed by atoms with van der Waals surface area (Å²) in [6, 6.07) is 14.2. The van der Waals surface area contributed by atoms with Gasteiger partial charge >= 0.3 is 5.97 Å². The van der Waals surface area contributed by atoms with Gasteiger partial charge in [-0.15, -0.1) is 0 Å². The maximum Gasteiger partial charge on any atom is 0.335 e. The van der Waals surface area contributed by atoms with Gasteiger partial charge in [0.15, 0.2) is 0 Å². The van der Waals surface area contributed by atoms with Crippen molar-refractivity contribution < 1.29 is 14.7 Å². The van der Waals surface area contributed by atoms with Crippen molar-refractivity contribution >= 4 is 23.3 Å². The molecule has 4 aromatic rings. The minimum absolute atomic E-state index is 0.208. The van der Waals surface area contributed by atoms with Crippen LogP contribution in [0.2, 0.25) is 0 Å². The Balaban J connectivity index is 1.22. The smallest absolute Gasteiger partial charge is 0.335 e. The van der Waals surface area contributed by atoms with Gasteiger partial charge in [0.1, 0.15) is 11.5 Å². The SMILES string of the molecule is CC1CCN(c2ccc(Cc3cn4cc(C(=O)NCc5ccc(C(=O)O)cc5)ccc4n3)cn2)C1. The highest BCUT2D eigenvalue weighted by Crippen LogP contribution is 2.22. The molecule has 1 saturated heterocycles. The van der Waals surface area contributed by atoms with E-state index in [1.165, 1.54) is 18.6 Å². The monoisotopic (exact) mass is 469 g/mol. The molecule has 0 aliphatic carbocycles. The molecule has 35 heavy (non-hydrogen) atoms. The highest BCUT2D eigenvalue weighted by atomic mass is 16.4. The molecular formula is C27H27N5O3. The summed E-state index contributed by atoms with van der Waals surface area (Å²) >= 11 is 0. The molecule has 8 nitrogen and oxygen atoms in total. The van der Waals surface area contributed by atoms with Crippen molar-refractivity contribution in [3.8, 4) is 0 Å². The van der Waals surface area contributed by atoms with Gasteiger partial charge in [-0.3, -0.25) is 4.79 Å². The van der Waals surface area contributed by atoms with Crippen LogP contribution in [0.3, 0.4) is 0 Å². The van der Waals surface area contributed by atoms with Crippen LogP contribution in [-0.2, 0) is 13.0 Å². The first-order chi connectivity index (χ1) is 16.9. The zero-order chi connectivity index (χ0) is 24.4. The second-order valence-corrected chi connectivity index (χ2v) is 9.14. The van der Waals surface area contributed by atoms with Crippen LogP contribution in [0.1, 0.15) is 50.9 Å². The van der Waals surface area contributed by atoms with E-state index in [0.717, 1.165) is 41.4 Å². The third kappa shape index (κ3) is 5.16. The molecule has 0 bridgehead atoms. The fourth-order valence-electron chi connectivity index (χ4n) is 4.37. The number of nitrogens with one attached hydrogen (secondary N) is 1. The molecule has 1 atom stereocenters. The van der Waals surface area contributed by atoms with Crippen molar-refractivity contribution in [2.24, 2.45) is 5.92 Å². The van der Waals surface area contributed by atoms with Crippen molar-refractivity contribution in [3.05, 3.63) is 95.1 Å². The molecule has 4 heterocycles. The number of carbonyl (C=O) groups is 2. The topological polar surface area (TPSA) is 99.8 Å². The molecule has 5 rings (SSSR count). The summed E-state index contributed by atoms with van der Waals surface area (Å²) in [6.07, 6.45) is 7.51. The van der Waals surface area contributed by atoms with Crippen molar-refractivity contribution in [3.63, 3.8) is 0 Å². The maximum atomic E-state index is 12.6. The number of fused-ring (bicyclic) bond motifs is 1. The van der Waals surface area contributed by atoms with Crippen molar-refractivity contribution in [1.82, 2.24) is 19.7 Å². The molecule has 1 fully saturated rings. The third-order valence-electron chi connectivity index (χ3n) is 6.36. The Bertz CT molecular complexity index is 1360. The number of carboxylic acid groups (broad SMARTS) is 1. The normalized spacial score (nSPS) is 15.5. The van der Waals surface area contributed by atoms with E-state index in [1.54, 1.807) is 24.4 Å². The molecule has 1 aliphatic heterocycles. The van der Waals surface area contributed by atoms with Crippen LogP contribution >= 0.6 is 0 Å². The van der Waals surface area contributed by atoms with E-state index in [-0.39, 0.29) is 11.5 Å². The Morgan fingerprint density at radius 3 is 2.49 bits per heavy atom. The number of rotatable bonds is 7. The minimum atomic E-state index is -0.974. The number of carboxylic acids is 1. The number of hydrogen-bond acceptors (Lipinski definition) is 5. The first-order valence-electron chi connectivity index (χ1n) is 11.7. The van der Waals surface area contributed by atoms with Crippen molar-refractivity contribution in [1.29, 1.82) is 0 Å². The molecule has 8 heteroatoms. The largest absolute Gasteiger partial charge is 0.478 e. The average molecular weight is 470 g/mol. The Morgan fingerprint density at radius 2 is 1.80 bits per heavy atom. The standard InChI is InChI=1S/C27H27N5O3/c1-18-10-11-31(15-18)24-8-4-20(14-28-24)12-23-17-32-16-22(7-9-25(32)30-23)26(33)29-13-19-2-5-21(6-3-19)27(34)35/h2-9,14,16-18H,10-13,15H2,1H3,(H,29,33)(H,34,35). The molecule has 1 unspecified atom stereocenters. The third-order valence-corrected chi connectivity index (χ3v) is 6.36. The van der Waals surface area contributed by atoms with E-state index in [0.29, 0.717) is 24.4 Å². The molecule has 3 aromatic heterocycles. The van der Waals surface area contributed by atoms with Gasteiger partial charge in [0.25, 0.3) is 5.91 Å². The van der Waals surface area contributed by atoms with Gasteiger partial charge in [0, 0.05) is 44.6 Å². The Morgan fingerprint density at radius 1 is 1.03 bits per heavy atom. The second kappa shape index (κ2) is 9.58. The van der Waals surface area contributed by atoms with Crippen molar-refractivity contribution in [2.45, 2.75) is 26.3 Å². The molecule has 2 N–H and O–H groups in total. The first-order valence-corrected chi connectivity index (χ1v) is 11.7. The lowest BCUT2D eigenvalue weighted by Crippen LogP contribution is -2.23. The number of aromatic carboxylic acids is 1. The lowest BCUT2D eigenvalue weighted by atomic mass is 10.1. The van der Waals surface area contributed by atoms with Crippen LogP contribution < -0.4 is 10.2 Å². The lowest BCUT2D eigenvalue weighted by Gasteiger charge is -2.16. The number of amides is 1. The summed E-state index contributed by atoms with van der Waals surface area (Å²) in [4.78, 5) is 35.3. The fraction of sp³-hybridized carbons (Fsp3) is 0.259. The van der Waals surface area contributed by atoms with Gasteiger partial charge in [-0.05, 0) is 53.8 Å². The number of hydrogen-bond donors (Lipinski definition) is 2. The van der Waals surface area contributed by atoms with Gasteiger partial charge in [0.2, 0.25) is 0 Å². The summed E-state index contributed by atoms with van der Waals surface area (Å²) in [5.74, 6) is 0.562. The number of aromatic nitrogens is 3. The number of anilines is 1. The van der Waals surface area contributed by atoms with Crippen LogP contribution in [0.15, 0.2) is 67.1 Å². The zero-order valence-corrected chi connectivity index (χ0v) is 19.5. The van der Waals surface area contributed by atoms with Crippen LogP contribution in [-0.4, -0.2) is 44.4 Å². The molecule has 1 aliphatic rings. The molecule has 178 valence electrons. The summed E-state index contributed by atoms with van der Waals surface area (Å²) in [5.41, 5.74) is 4.34. The summed E-state index contributed by atoms with van der Waals surface area (Å²) in [5, 5.41) is 11.9. The minimum Gasteiger partial charge on any atom is -0.478 e. The van der Waals surface area contributed by atoms with Crippen LogP contribution in [0.5, 0.6) is 0 Å². The summed E-state index contributed by atoms with van der Waals surface area (Å²) in [6.45, 7) is 4.71. The van der Waals surface area contributed by atoms with E-state index >= 15 is 0 Å². The first kappa shape index (κ1) is 22.6. The highest BCUT2D eigenvalue weighted by molar-refractivity contribution is 5.94.